The van der Waals surface area contributed by atoms with Crippen LogP contribution in [0.5, 0.6) is 5.75 Å². The number of aryl methyl sites for hydroxylation is 1. The van der Waals surface area contributed by atoms with E-state index in [2.05, 4.69) is 10.3 Å². The second-order valence-electron chi connectivity index (χ2n) is 4.25. The fourth-order valence-electron chi connectivity index (χ4n) is 1.75. The monoisotopic (exact) mass is 310 g/mol. The van der Waals surface area contributed by atoms with Gasteiger partial charge in [0, 0.05) is 17.3 Å². The Kier molecular flexibility index (Phi) is 4.28. The van der Waals surface area contributed by atoms with Gasteiger partial charge in [-0.05, 0) is 24.6 Å². The molecule has 7 heteroatoms. The number of nitrogens with one attached hydrogen (secondary N) is 1. The van der Waals surface area contributed by atoms with Crippen molar-refractivity contribution in [2.24, 2.45) is 0 Å². The zero-order chi connectivity index (χ0) is 15.6. The Bertz CT molecular complexity index is 707. The maximum Gasteiger partial charge on any atom is 0.338 e. The Balaban J connectivity index is 2.46. The van der Waals surface area contributed by atoms with Gasteiger partial charge in [-0.3, -0.25) is 0 Å². The standard InChI is InChI=1S/C14H12ClFN2O3/c1-7-5-10(11(21-2)6-9(7)15)18-13-12(16)8(14(19)20)3-4-17-13/h3-6H,1-2H3,(H,17,18)(H,19,20). The molecule has 0 radical (unpaired) electrons. The van der Waals surface area contributed by atoms with Gasteiger partial charge in [-0.25, -0.2) is 14.2 Å². The summed E-state index contributed by atoms with van der Waals surface area (Å²) in [6.07, 6.45) is 1.21. The zero-order valence-electron chi connectivity index (χ0n) is 11.3. The van der Waals surface area contributed by atoms with Crippen molar-refractivity contribution in [2.45, 2.75) is 6.92 Å². The average Bonchev–Trinajstić information content (AvgIpc) is 2.44. The summed E-state index contributed by atoms with van der Waals surface area (Å²) in [5.41, 5.74) is 0.736. The molecule has 1 aromatic heterocycles. The summed E-state index contributed by atoms with van der Waals surface area (Å²) in [4.78, 5) is 14.7. The molecule has 0 unspecified atom stereocenters. The van der Waals surface area contributed by atoms with Gasteiger partial charge in [0.2, 0.25) is 0 Å². The number of anilines is 2. The van der Waals surface area contributed by atoms with Crippen LogP contribution in [-0.2, 0) is 0 Å². The van der Waals surface area contributed by atoms with E-state index >= 15 is 0 Å². The highest BCUT2D eigenvalue weighted by Crippen LogP contribution is 2.33. The Hall–Kier alpha value is -2.34. The van der Waals surface area contributed by atoms with Crippen molar-refractivity contribution < 1.29 is 19.0 Å². The van der Waals surface area contributed by atoms with Gasteiger partial charge >= 0.3 is 5.97 Å². The molecule has 0 fully saturated rings. The van der Waals surface area contributed by atoms with Crippen LogP contribution in [-0.4, -0.2) is 23.2 Å². The van der Waals surface area contributed by atoms with Gasteiger partial charge in [0.15, 0.2) is 11.6 Å². The molecule has 1 heterocycles. The number of aromatic carboxylic acids is 1. The van der Waals surface area contributed by atoms with Crippen LogP contribution in [0.3, 0.4) is 0 Å². The number of ether oxygens (including phenoxy) is 1. The summed E-state index contributed by atoms with van der Waals surface area (Å²) in [5.74, 6) is -2.11. The summed E-state index contributed by atoms with van der Waals surface area (Å²) in [6, 6.07) is 4.33. The van der Waals surface area contributed by atoms with E-state index in [1.54, 1.807) is 19.1 Å². The molecule has 0 aliphatic rings. The van der Waals surface area contributed by atoms with Crippen LogP contribution in [0.4, 0.5) is 15.9 Å². The van der Waals surface area contributed by atoms with Crippen molar-refractivity contribution >= 4 is 29.1 Å². The summed E-state index contributed by atoms with van der Waals surface area (Å²) in [7, 11) is 1.45. The topological polar surface area (TPSA) is 71.5 Å². The first-order valence-electron chi connectivity index (χ1n) is 5.93. The molecule has 5 nitrogen and oxygen atoms in total. The van der Waals surface area contributed by atoms with Gasteiger partial charge in [0.25, 0.3) is 0 Å². The van der Waals surface area contributed by atoms with Crippen molar-refractivity contribution in [1.29, 1.82) is 0 Å². The smallest absolute Gasteiger partial charge is 0.338 e. The fraction of sp³-hybridized carbons (Fsp3) is 0.143. The minimum absolute atomic E-state index is 0.199. The van der Waals surface area contributed by atoms with E-state index in [0.29, 0.717) is 16.5 Å². The lowest BCUT2D eigenvalue weighted by Gasteiger charge is -2.13. The normalized spacial score (nSPS) is 10.3. The molecule has 21 heavy (non-hydrogen) atoms. The van der Waals surface area contributed by atoms with E-state index in [1.165, 1.54) is 13.3 Å². The lowest BCUT2D eigenvalue weighted by molar-refractivity contribution is 0.0692. The van der Waals surface area contributed by atoms with Crippen LogP contribution in [0, 0.1) is 12.7 Å². The molecule has 2 N–H and O–H groups in total. The van der Waals surface area contributed by atoms with E-state index in [0.717, 1.165) is 11.6 Å². The second-order valence-corrected chi connectivity index (χ2v) is 4.66. The van der Waals surface area contributed by atoms with Crippen molar-refractivity contribution in [3.05, 3.63) is 46.4 Å². The quantitative estimate of drug-likeness (QED) is 0.902. The first kappa shape index (κ1) is 15.1. The number of benzene rings is 1. The molecule has 110 valence electrons. The number of nitrogens with zero attached hydrogens (tertiary/aromatic N) is 1. The van der Waals surface area contributed by atoms with Crippen molar-refractivity contribution in [3.8, 4) is 5.75 Å². The van der Waals surface area contributed by atoms with E-state index in [4.69, 9.17) is 21.4 Å². The van der Waals surface area contributed by atoms with Crippen LogP contribution in [0.15, 0.2) is 24.4 Å². The number of carbonyl (C=O) groups is 1. The van der Waals surface area contributed by atoms with Crippen LogP contribution >= 0.6 is 11.6 Å². The largest absolute Gasteiger partial charge is 0.495 e. The third-order valence-corrected chi connectivity index (χ3v) is 3.26. The number of carboxylic acids is 1. The van der Waals surface area contributed by atoms with Gasteiger partial charge in [0.05, 0.1) is 12.8 Å². The summed E-state index contributed by atoms with van der Waals surface area (Å²) in [5, 5.41) is 12.1. The van der Waals surface area contributed by atoms with E-state index in [9.17, 15) is 9.18 Å². The van der Waals surface area contributed by atoms with E-state index in [1.807, 2.05) is 0 Å². The minimum Gasteiger partial charge on any atom is -0.495 e. The number of halogens is 2. The molecule has 0 atom stereocenters. The number of carboxylic acid groups (broad SMARTS) is 1. The highest BCUT2D eigenvalue weighted by atomic mass is 35.5. The van der Waals surface area contributed by atoms with E-state index < -0.39 is 17.3 Å². The van der Waals surface area contributed by atoms with Crippen LogP contribution in [0.2, 0.25) is 5.02 Å². The number of rotatable bonds is 4. The molecule has 0 aliphatic carbocycles. The van der Waals surface area contributed by atoms with Crippen LogP contribution < -0.4 is 10.1 Å². The Morgan fingerprint density at radius 1 is 1.48 bits per heavy atom. The molecule has 0 saturated heterocycles. The van der Waals surface area contributed by atoms with Gasteiger partial charge in [-0.1, -0.05) is 11.6 Å². The molecule has 2 rings (SSSR count). The molecule has 0 aliphatic heterocycles. The SMILES string of the molecule is COc1cc(Cl)c(C)cc1Nc1nccc(C(=O)O)c1F. The number of hydrogen-bond donors (Lipinski definition) is 2. The summed E-state index contributed by atoms with van der Waals surface area (Å²) in [6.45, 7) is 1.78. The average molecular weight is 311 g/mol. The first-order valence-corrected chi connectivity index (χ1v) is 6.30. The molecule has 2 aromatic rings. The van der Waals surface area contributed by atoms with E-state index in [-0.39, 0.29) is 5.82 Å². The summed E-state index contributed by atoms with van der Waals surface area (Å²) >= 11 is 5.99. The van der Waals surface area contributed by atoms with Gasteiger partial charge in [-0.15, -0.1) is 0 Å². The Morgan fingerprint density at radius 3 is 2.81 bits per heavy atom. The minimum atomic E-state index is -1.36. The zero-order valence-corrected chi connectivity index (χ0v) is 12.0. The van der Waals surface area contributed by atoms with Crippen molar-refractivity contribution in [3.63, 3.8) is 0 Å². The molecular weight excluding hydrogens is 299 g/mol. The maximum absolute atomic E-state index is 14.1. The molecule has 1 aromatic carbocycles. The molecular formula is C14H12ClFN2O3. The fourth-order valence-corrected chi connectivity index (χ4v) is 1.91. The third-order valence-electron chi connectivity index (χ3n) is 2.85. The van der Waals surface area contributed by atoms with Gasteiger partial charge in [0.1, 0.15) is 11.3 Å². The molecule has 0 bridgehead atoms. The highest BCUT2D eigenvalue weighted by Gasteiger charge is 2.16. The predicted molar refractivity (Wildman–Crippen MR) is 77.2 cm³/mol. The Labute approximate surface area is 125 Å². The lowest BCUT2D eigenvalue weighted by Crippen LogP contribution is -2.06. The van der Waals surface area contributed by atoms with Crippen LogP contribution in [0.25, 0.3) is 0 Å². The lowest BCUT2D eigenvalue weighted by atomic mass is 10.2. The molecule has 0 amide bonds. The third kappa shape index (κ3) is 3.05. The van der Waals surface area contributed by atoms with Crippen molar-refractivity contribution in [1.82, 2.24) is 4.98 Å². The Morgan fingerprint density at radius 2 is 2.19 bits per heavy atom. The van der Waals surface area contributed by atoms with Crippen molar-refractivity contribution in [2.75, 3.05) is 12.4 Å². The second kappa shape index (κ2) is 5.97. The molecule has 0 saturated carbocycles. The van der Waals surface area contributed by atoms with Crippen LogP contribution in [0.1, 0.15) is 15.9 Å². The summed E-state index contributed by atoms with van der Waals surface area (Å²) < 4.78 is 19.2. The first-order chi connectivity index (χ1) is 9.93. The number of methoxy groups -OCH3 is 1. The number of aromatic nitrogens is 1. The van der Waals surface area contributed by atoms with Gasteiger partial charge in [-0.2, -0.15) is 0 Å². The predicted octanol–water partition coefficient (Wildman–Crippen LogP) is 3.63. The van der Waals surface area contributed by atoms with Gasteiger partial charge < -0.3 is 15.2 Å². The highest BCUT2D eigenvalue weighted by molar-refractivity contribution is 6.31. The molecule has 0 spiro atoms. The number of hydrogen-bond acceptors (Lipinski definition) is 4. The maximum atomic E-state index is 14.1. The number of pyridine rings is 1.